The van der Waals surface area contributed by atoms with Crippen LogP contribution in [0.25, 0.3) is 0 Å². The summed E-state index contributed by atoms with van der Waals surface area (Å²) in [7, 11) is 3.81. The van der Waals surface area contributed by atoms with Gasteiger partial charge in [0.1, 0.15) is 11.6 Å². The van der Waals surface area contributed by atoms with Crippen molar-refractivity contribution in [2.24, 2.45) is 14.1 Å². The van der Waals surface area contributed by atoms with E-state index in [1.165, 1.54) is 12.1 Å². The second kappa shape index (κ2) is 7.39. The van der Waals surface area contributed by atoms with E-state index in [2.05, 4.69) is 15.4 Å². The normalized spacial score (nSPS) is 12.0. The molecule has 0 saturated heterocycles. The van der Waals surface area contributed by atoms with Crippen molar-refractivity contribution in [2.75, 3.05) is 0 Å². The molecule has 0 amide bonds. The van der Waals surface area contributed by atoms with E-state index in [1.807, 2.05) is 43.3 Å². The van der Waals surface area contributed by atoms with Crippen molar-refractivity contribution in [1.82, 2.24) is 24.6 Å². The van der Waals surface area contributed by atoms with Gasteiger partial charge in [0.05, 0.1) is 12.2 Å². The van der Waals surface area contributed by atoms with Gasteiger partial charge in [-0.15, -0.1) is 12.4 Å². The minimum atomic E-state index is -0.250. The number of imidazole rings is 1. The first-order valence-corrected chi connectivity index (χ1v) is 7.07. The molecule has 23 heavy (non-hydrogen) atoms. The monoisotopic (exact) mass is 335 g/mol. The van der Waals surface area contributed by atoms with Crippen LogP contribution in [-0.4, -0.2) is 19.3 Å². The van der Waals surface area contributed by atoms with E-state index in [0.717, 1.165) is 17.0 Å². The van der Waals surface area contributed by atoms with Gasteiger partial charge in [0.25, 0.3) is 0 Å². The third-order valence-electron chi connectivity index (χ3n) is 3.57. The zero-order valence-corrected chi connectivity index (χ0v) is 13.8. The molecule has 5 nitrogen and oxygen atoms in total. The molecule has 0 aliphatic rings. The minimum absolute atomic E-state index is 0. The fourth-order valence-corrected chi connectivity index (χ4v) is 2.48. The number of aromatic nitrogens is 4. The molecule has 1 aromatic carbocycles. The fraction of sp³-hybridized carbons (Fsp3) is 0.250. The second-order valence-corrected chi connectivity index (χ2v) is 5.29. The number of hydrogen-bond donors (Lipinski definition) is 1. The molecule has 0 aliphatic carbocycles. The molecule has 1 N–H and O–H groups in total. The molecule has 0 spiro atoms. The van der Waals surface area contributed by atoms with Crippen LogP contribution in [0.15, 0.2) is 49.1 Å². The molecule has 3 rings (SSSR count). The topological polar surface area (TPSA) is 47.7 Å². The Kier molecular flexibility index (Phi) is 5.52. The lowest BCUT2D eigenvalue weighted by Gasteiger charge is -2.19. The summed E-state index contributed by atoms with van der Waals surface area (Å²) in [6, 6.07) is 6.41. The van der Waals surface area contributed by atoms with Crippen molar-refractivity contribution >= 4 is 12.4 Å². The molecular formula is C16H19ClFN5. The lowest BCUT2D eigenvalue weighted by Crippen LogP contribution is -2.24. The number of hydrogen-bond acceptors (Lipinski definition) is 3. The van der Waals surface area contributed by atoms with Crippen molar-refractivity contribution in [2.45, 2.75) is 12.6 Å². The number of aryl methyl sites for hydroxylation is 2. The summed E-state index contributed by atoms with van der Waals surface area (Å²) in [6.45, 7) is 0.627. The highest BCUT2D eigenvalue weighted by Gasteiger charge is 2.18. The van der Waals surface area contributed by atoms with Gasteiger partial charge >= 0.3 is 0 Å². The van der Waals surface area contributed by atoms with Crippen LogP contribution in [0.5, 0.6) is 0 Å². The molecule has 2 aromatic heterocycles. The second-order valence-electron chi connectivity index (χ2n) is 5.29. The van der Waals surface area contributed by atoms with E-state index in [0.29, 0.717) is 6.54 Å². The zero-order chi connectivity index (χ0) is 15.5. The van der Waals surface area contributed by atoms with Crippen LogP contribution < -0.4 is 5.32 Å². The summed E-state index contributed by atoms with van der Waals surface area (Å²) in [5.74, 6) is 0.592. The average Bonchev–Trinajstić information content (AvgIpc) is 3.09. The molecule has 1 unspecified atom stereocenters. The number of halogens is 2. The molecule has 0 bridgehead atoms. The molecule has 1 atom stereocenters. The first kappa shape index (κ1) is 17.2. The Hall–Kier alpha value is -2.18. The predicted molar refractivity (Wildman–Crippen MR) is 88.7 cm³/mol. The molecule has 0 radical (unpaired) electrons. The van der Waals surface area contributed by atoms with Gasteiger partial charge in [0.2, 0.25) is 0 Å². The average molecular weight is 336 g/mol. The first-order chi connectivity index (χ1) is 10.6. The summed E-state index contributed by atoms with van der Waals surface area (Å²) >= 11 is 0. The number of nitrogens with zero attached hydrogens (tertiary/aromatic N) is 4. The van der Waals surface area contributed by atoms with E-state index >= 15 is 0 Å². The minimum Gasteiger partial charge on any atom is -0.336 e. The predicted octanol–water partition coefficient (Wildman–Crippen LogP) is 2.59. The fourth-order valence-electron chi connectivity index (χ4n) is 2.48. The van der Waals surface area contributed by atoms with Gasteiger partial charge in [0, 0.05) is 44.8 Å². The maximum Gasteiger partial charge on any atom is 0.130 e. The molecule has 0 aliphatic heterocycles. The highest BCUT2D eigenvalue weighted by molar-refractivity contribution is 5.85. The SMILES string of the molecule is Cl.Cn1cc(CNC(c2cccc(F)c2)c2nccn2C)cn1. The van der Waals surface area contributed by atoms with Crippen LogP contribution in [0, 0.1) is 5.82 Å². The Balaban J connectivity index is 0.00000192. The largest absolute Gasteiger partial charge is 0.336 e. The Bertz CT molecular complexity index is 767. The smallest absolute Gasteiger partial charge is 0.130 e. The highest BCUT2D eigenvalue weighted by Crippen LogP contribution is 2.21. The van der Waals surface area contributed by atoms with Crippen molar-refractivity contribution in [3.8, 4) is 0 Å². The van der Waals surface area contributed by atoms with Gasteiger partial charge in [-0.25, -0.2) is 9.37 Å². The van der Waals surface area contributed by atoms with Gasteiger partial charge in [-0.2, -0.15) is 5.10 Å². The van der Waals surface area contributed by atoms with Crippen LogP contribution >= 0.6 is 12.4 Å². The maximum absolute atomic E-state index is 13.6. The van der Waals surface area contributed by atoms with Crippen LogP contribution in [-0.2, 0) is 20.6 Å². The van der Waals surface area contributed by atoms with Gasteiger partial charge in [-0.1, -0.05) is 12.1 Å². The van der Waals surface area contributed by atoms with E-state index in [-0.39, 0.29) is 24.3 Å². The van der Waals surface area contributed by atoms with Crippen LogP contribution in [0.3, 0.4) is 0 Å². The quantitative estimate of drug-likeness (QED) is 0.779. The van der Waals surface area contributed by atoms with Gasteiger partial charge in [-0.3, -0.25) is 10.00 Å². The van der Waals surface area contributed by atoms with E-state index in [9.17, 15) is 4.39 Å². The molecular weight excluding hydrogens is 317 g/mol. The van der Waals surface area contributed by atoms with Crippen LogP contribution in [0.4, 0.5) is 4.39 Å². The van der Waals surface area contributed by atoms with Crippen molar-refractivity contribution in [1.29, 1.82) is 0 Å². The Morgan fingerprint density at radius 2 is 2.13 bits per heavy atom. The lowest BCUT2D eigenvalue weighted by atomic mass is 10.1. The van der Waals surface area contributed by atoms with Gasteiger partial charge in [-0.05, 0) is 17.7 Å². The molecule has 3 aromatic rings. The summed E-state index contributed by atoms with van der Waals surface area (Å²) in [5, 5.41) is 7.59. The summed E-state index contributed by atoms with van der Waals surface area (Å²) in [5.41, 5.74) is 1.91. The molecule has 0 saturated carbocycles. The Morgan fingerprint density at radius 1 is 1.30 bits per heavy atom. The number of nitrogens with one attached hydrogen (secondary N) is 1. The summed E-state index contributed by atoms with van der Waals surface area (Å²) in [6.07, 6.45) is 7.39. The van der Waals surface area contributed by atoms with Crippen molar-refractivity contribution < 1.29 is 4.39 Å². The van der Waals surface area contributed by atoms with Crippen LogP contribution in [0.2, 0.25) is 0 Å². The highest BCUT2D eigenvalue weighted by atomic mass is 35.5. The molecule has 0 fully saturated rings. The number of benzene rings is 1. The van der Waals surface area contributed by atoms with Crippen molar-refractivity contribution in [3.05, 3.63) is 71.8 Å². The van der Waals surface area contributed by atoms with Crippen molar-refractivity contribution in [3.63, 3.8) is 0 Å². The Labute approximate surface area is 140 Å². The van der Waals surface area contributed by atoms with E-state index in [4.69, 9.17) is 0 Å². The van der Waals surface area contributed by atoms with E-state index in [1.54, 1.807) is 16.9 Å². The first-order valence-electron chi connectivity index (χ1n) is 7.07. The molecule has 122 valence electrons. The molecule has 7 heteroatoms. The number of rotatable bonds is 5. The summed E-state index contributed by atoms with van der Waals surface area (Å²) < 4.78 is 17.3. The lowest BCUT2D eigenvalue weighted by molar-refractivity contribution is 0.551. The van der Waals surface area contributed by atoms with Crippen LogP contribution in [0.1, 0.15) is 23.0 Å². The third kappa shape index (κ3) is 3.97. The maximum atomic E-state index is 13.6. The third-order valence-corrected chi connectivity index (χ3v) is 3.57. The zero-order valence-electron chi connectivity index (χ0n) is 13.0. The van der Waals surface area contributed by atoms with Gasteiger partial charge in [0.15, 0.2) is 0 Å². The Morgan fingerprint density at radius 3 is 2.74 bits per heavy atom. The van der Waals surface area contributed by atoms with Gasteiger partial charge < -0.3 is 4.57 Å². The molecule has 2 heterocycles. The van der Waals surface area contributed by atoms with E-state index < -0.39 is 0 Å². The summed E-state index contributed by atoms with van der Waals surface area (Å²) in [4.78, 5) is 4.40. The standard InChI is InChI=1S/C16H18FN5.ClH/c1-21-7-6-18-16(21)15(13-4-3-5-14(17)8-13)19-9-12-10-20-22(2)11-12;/h3-8,10-11,15,19H,9H2,1-2H3;1H.